The zero-order chi connectivity index (χ0) is 57.3. The average molecular weight is 1110 g/mol. The summed E-state index contributed by atoms with van der Waals surface area (Å²) in [6.07, 6.45) is 91.5. The van der Waals surface area contributed by atoms with Gasteiger partial charge in [0.05, 0.1) is 13.2 Å². The first kappa shape index (κ1) is 74.6. The molecule has 0 spiro atoms. The monoisotopic (exact) mass is 1110 g/mol. The second kappa shape index (κ2) is 62.8. The summed E-state index contributed by atoms with van der Waals surface area (Å²) < 4.78 is 33.1. The van der Waals surface area contributed by atoms with Gasteiger partial charge in [-0.15, -0.1) is 0 Å². The van der Waals surface area contributed by atoms with Gasteiger partial charge in [-0.2, -0.15) is 0 Å². The Kier molecular flexibility index (Phi) is 59.3. The van der Waals surface area contributed by atoms with Gasteiger partial charge in [0, 0.05) is 19.4 Å². The SMILES string of the molecule is CC/C=C\C/C=C\C/C=C\C/C=C\C/C=C\C/C=C\C/C=C\CCCCCCCCCCCC(=O)OC(COC(=O)CCCCCCCCCC/C=C\C/C=C\C/C=C\C/C=C\C/C=C\C/C=C\CC)COP(=O)(O)OCCN. The molecule has 2 unspecified atom stereocenters. The molecule has 0 bridgehead atoms. The van der Waals surface area contributed by atoms with Gasteiger partial charge in [0.15, 0.2) is 6.10 Å². The Labute approximate surface area is 483 Å². The molecule has 0 fully saturated rings. The molecule has 0 saturated heterocycles. The lowest BCUT2D eigenvalue weighted by atomic mass is 10.1. The van der Waals surface area contributed by atoms with Gasteiger partial charge in [0.1, 0.15) is 6.61 Å². The Balaban J connectivity index is 4.04. The minimum absolute atomic E-state index is 0.0425. The van der Waals surface area contributed by atoms with E-state index < -0.39 is 32.5 Å². The summed E-state index contributed by atoms with van der Waals surface area (Å²) in [4.78, 5) is 35.3. The highest BCUT2D eigenvalue weighted by Crippen LogP contribution is 2.43. The number of carbonyl (C=O) groups excluding carboxylic acids is 2. The highest BCUT2D eigenvalue weighted by molar-refractivity contribution is 7.47. The van der Waals surface area contributed by atoms with Crippen LogP contribution in [0.4, 0.5) is 0 Å². The van der Waals surface area contributed by atoms with E-state index in [2.05, 4.69) is 172 Å². The van der Waals surface area contributed by atoms with E-state index in [1.54, 1.807) is 0 Å². The van der Waals surface area contributed by atoms with Crippen LogP contribution < -0.4 is 5.73 Å². The first-order chi connectivity index (χ1) is 38.8. The van der Waals surface area contributed by atoms with Gasteiger partial charge in [-0.05, 0) is 122 Å². The molecule has 0 amide bonds. The van der Waals surface area contributed by atoms with E-state index >= 15 is 0 Å². The van der Waals surface area contributed by atoms with Crippen molar-refractivity contribution in [2.75, 3.05) is 26.4 Å². The summed E-state index contributed by atoms with van der Waals surface area (Å²) in [6.45, 7) is 3.48. The van der Waals surface area contributed by atoms with Crippen LogP contribution in [-0.4, -0.2) is 49.3 Å². The predicted molar refractivity (Wildman–Crippen MR) is 339 cm³/mol. The molecule has 0 aliphatic carbocycles. The van der Waals surface area contributed by atoms with Crippen molar-refractivity contribution in [2.45, 2.75) is 238 Å². The van der Waals surface area contributed by atoms with Crippen molar-refractivity contribution in [3.05, 3.63) is 158 Å². The van der Waals surface area contributed by atoms with Gasteiger partial charge < -0.3 is 20.1 Å². The lowest BCUT2D eigenvalue weighted by Gasteiger charge is -2.19. The number of esters is 2. The molecule has 0 aromatic carbocycles. The molecular weight excluding hydrogens is 1000 g/mol. The predicted octanol–water partition coefficient (Wildman–Crippen LogP) is 20.1. The van der Waals surface area contributed by atoms with E-state index in [0.29, 0.717) is 12.8 Å². The second-order valence-electron chi connectivity index (χ2n) is 19.8. The summed E-state index contributed by atoms with van der Waals surface area (Å²) >= 11 is 0. The maximum atomic E-state index is 12.7. The first-order valence-electron chi connectivity index (χ1n) is 31.0. The second-order valence-corrected chi connectivity index (χ2v) is 21.3. The summed E-state index contributed by atoms with van der Waals surface area (Å²) in [7, 11) is -4.41. The number of carbonyl (C=O) groups is 2. The Morgan fingerprint density at radius 2 is 0.658 bits per heavy atom. The van der Waals surface area contributed by atoms with Crippen LogP contribution in [0.1, 0.15) is 232 Å². The lowest BCUT2D eigenvalue weighted by molar-refractivity contribution is -0.161. The zero-order valence-corrected chi connectivity index (χ0v) is 50.7. The van der Waals surface area contributed by atoms with Crippen molar-refractivity contribution in [1.82, 2.24) is 0 Å². The highest BCUT2D eigenvalue weighted by atomic mass is 31.2. The van der Waals surface area contributed by atoms with Gasteiger partial charge in [0.2, 0.25) is 0 Å². The van der Waals surface area contributed by atoms with Crippen molar-refractivity contribution in [2.24, 2.45) is 5.73 Å². The number of nitrogens with two attached hydrogens (primary N) is 1. The van der Waals surface area contributed by atoms with E-state index in [4.69, 9.17) is 24.3 Å². The number of phosphoric acid groups is 1. The molecule has 446 valence electrons. The lowest BCUT2D eigenvalue weighted by Crippen LogP contribution is -2.29. The quantitative estimate of drug-likeness (QED) is 0.0264. The zero-order valence-electron chi connectivity index (χ0n) is 49.8. The minimum atomic E-state index is -4.41. The van der Waals surface area contributed by atoms with Crippen LogP contribution in [0.25, 0.3) is 0 Å². The number of phosphoric ester groups is 1. The Morgan fingerprint density at radius 3 is 0.975 bits per heavy atom. The fourth-order valence-electron chi connectivity index (χ4n) is 7.91. The smallest absolute Gasteiger partial charge is 0.462 e. The molecule has 0 aliphatic rings. The standard InChI is InChI=1S/C69H112NO8P/c1-3-5-7-9-11-13-15-17-19-21-23-25-27-29-31-32-33-34-36-38-40-42-44-46-48-50-52-54-56-58-60-62-69(72)78-67(66-77-79(73,74)76-64-63-70)65-75-68(71)61-59-57-55-53-51-49-47-45-43-41-39-37-35-30-28-26-24-22-20-18-16-14-12-10-8-6-4-2/h5-8,11-14,17-20,23-26,29-31,33-35,38-41,67H,3-4,9-10,15-16,21-22,27-28,32,36-37,42-66,70H2,1-2H3,(H,73,74)/b7-5-,8-6-,13-11-,14-12-,19-17-,20-18-,25-23-,26-24-,31-29-,34-33-,35-30-,40-38-,41-39-. The van der Waals surface area contributed by atoms with E-state index in [0.717, 1.165) is 135 Å². The van der Waals surface area contributed by atoms with Crippen LogP contribution >= 0.6 is 7.82 Å². The van der Waals surface area contributed by atoms with Gasteiger partial charge in [0.25, 0.3) is 0 Å². The third kappa shape index (κ3) is 62.7. The van der Waals surface area contributed by atoms with Gasteiger partial charge in [-0.1, -0.05) is 255 Å². The molecular formula is C69H112NO8P. The highest BCUT2D eigenvalue weighted by Gasteiger charge is 2.26. The number of hydrogen-bond acceptors (Lipinski definition) is 8. The van der Waals surface area contributed by atoms with Crippen LogP contribution in [0.15, 0.2) is 158 Å². The van der Waals surface area contributed by atoms with Gasteiger partial charge in [-0.3, -0.25) is 18.6 Å². The summed E-state index contributed by atoms with van der Waals surface area (Å²) in [6, 6.07) is 0. The summed E-state index contributed by atoms with van der Waals surface area (Å²) in [5.74, 6) is -0.855. The van der Waals surface area contributed by atoms with Crippen molar-refractivity contribution >= 4 is 19.8 Å². The van der Waals surface area contributed by atoms with Crippen LogP contribution in [0.3, 0.4) is 0 Å². The molecule has 0 heterocycles. The van der Waals surface area contributed by atoms with Crippen LogP contribution in [-0.2, 0) is 32.7 Å². The van der Waals surface area contributed by atoms with Crippen molar-refractivity contribution in [3.63, 3.8) is 0 Å². The van der Waals surface area contributed by atoms with E-state index in [1.807, 2.05) is 0 Å². The Morgan fingerprint density at radius 1 is 0.380 bits per heavy atom. The molecule has 79 heavy (non-hydrogen) atoms. The average Bonchev–Trinajstić information content (AvgIpc) is 3.44. The van der Waals surface area contributed by atoms with Crippen LogP contribution in [0.2, 0.25) is 0 Å². The van der Waals surface area contributed by atoms with E-state index in [1.165, 1.54) is 57.8 Å². The number of allylic oxidation sites excluding steroid dienone is 26. The molecule has 0 aromatic rings. The van der Waals surface area contributed by atoms with Crippen LogP contribution in [0.5, 0.6) is 0 Å². The Hall–Kier alpha value is -4.37. The molecule has 0 aliphatic heterocycles. The molecule has 3 N–H and O–H groups in total. The molecule has 0 radical (unpaired) electrons. The normalized spacial score (nSPS) is 14.1. The fourth-order valence-corrected chi connectivity index (χ4v) is 8.68. The number of hydrogen-bond donors (Lipinski definition) is 2. The molecule has 9 nitrogen and oxygen atoms in total. The molecule has 0 rings (SSSR count). The number of rotatable bonds is 56. The topological polar surface area (TPSA) is 134 Å². The largest absolute Gasteiger partial charge is 0.472 e. The molecule has 2 atom stereocenters. The molecule has 10 heteroatoms. The van der Waals surface area contributed by atoms with Crippen molar-refractivity contribution in [3.8, 4) is 0 Å². The van der Waals surface area contributed by atoms with E-state index in [9.17, 15) is 19.0 Å². The third-order valence-corrected chi connectivity index (χ3v) is 13.4. The fraction of sp³-hybridized carbons (Fsp3) is 0.594. The van der Waals surface area contributed by atoms with Gasteiger partial charge in [-0.25, -0.2) is 4.57 Å². The summed E-state index contributed by atoms with van der Waals surface area (Å²) in [5.41, 5.74) is 5.39. The molecule has 0 saturated carbocycles. The minimum Gasteiger partial charge on any atom is -0.462 e. The first-order valence-corrected chi connectivity index (χ1v) is 32.5. The number of ether oxygens (including phenoxy) is 2. The van der Waals surface area contributed by atoms with E-state index in [-0.39, 0.29) is 32.6 Å². The Bertz CT molecular complexity index is 1850. The van der Waals surface area contributed by atoms with Gasteiger partial charge >= 0.3 is 19.8 Å². The van der Waals surface area contributed by atoms with Crippen molar-refractivity contribution < 1.29 is 37.6 Å². The summed E-state index contributed by atoms with van der Waals surface area (Å²) in [5, 5.41) is 0. The number of unbranched alkanes of at least 4 members (excludes halogenated alkanes) is 17. The van der Waals surface area contributed by atoms with Crippen LogP contribution in [0, 0.1) is 0 Å². The third-order valence-electron chi connectivity index (χ3n) is 12.4. The maximum absolute atomic E-state index is 12.7. The maximum Gasteiger partial charge on any atom is 0.472 e. The molecule has 0 aromatic heterocycles. The van der Waals surface area contributed by atoms with Crippen molar-refractivity contribution in [1.29, 1.82) is 0 Å².